The number of carbonyl (C=O) groups excluding carboxylic acids is 1. The van der Waals surface area contributed by atoms with E-state index in [1.165, 1.54) is 0 Å². The van der Waals surface area contributed by atoms with Crippen LogP contribution in [0.2, 0.25) is 0 Å². The summed E-state index contributed by atoms with van der Waals surface area (Å²) in [6.45, 7) is 1.55. The van der Waals surface area contributed by atoms with Gasteiger partial charge >= 0.3 is 0 Å². The van der Waals surface area contributed by atoms with Gasteiger partial charge in [0.2, 0.25) is 5.91 Å². The third-order valence-corrected chi connectivity index (χ3v) is 4.67. The smallest absolute Gasteiger partial charge is 0.240 e. The lowest BCUT2D eigenvalue weighted by Gasteiger charge is -2.20. The van der Waals surface area contributed by atoms with Gasteiger partial charge in [0.25, 0.3) is 0 Å². The van der Waals surface area contributed by atoms with E-state index in [-0.39, 0.29) is 11.9 Å². The molecule has 0 fully saturated rings. The average molecular weight is 345 g/mol. The van der Waals surface area contributed by atoms with Crippen LogP contribution < -0.4 is 4.74 Å². The topological polar surface area (TPSA) is 54.8 Å². The number of ether oxygens (including phenoxy) is 1. The van der Waals surface area contributed by atoms with Gasteiger partial charge in [0.1, 0.15) is 5.75 Å². The van der Waals surface area contributed by atoms with Gasteiger partial charge in [-0.25, -0.2) is 5.01 Å². The molecular formula is C21H19N3O2. The van der Waals surface area contributed by atoms with Crippen LogP contribution in [0.15, 0.2) is 65.9 Å². The maximum atomic E-state index is 12.2. The molecule has 1 atom stereocenters. The molecule has 0 bridgehead atoms. The Balaban J connectivity index is 1.68. The molecule has 0 unspecified atom stereocenters. The Hall–Kier alpha value is -3.21. The van der Waals surface area contributed by atoms with Gasteiger partial charge in [-0.15, -0.1) is 0 Å². The number of methoxy groups -OCH3 is 1. The fourth-order valence-corrected chi connectivity index (χ4v) is 3.32. The van der Waals surface area contributed by atoms with E-state index in [1.807, 2.05) is 48.5 Å². The molecule has 0 N–H and O–H groups in total. The van der Waals surface area contributed by atoms with Crippen molar-refractivity contribution < 1.29 is 9.53 Å². The lowest BCUT2D eigenvalue weighted by Crippen LogP contribution is -2.24. The Morgan fingerprint density at radius 1 is 1.15 bits per heavy atom. The van der Waals surface area contributed by atoms with Gasteiger partial charge in [-0.05, 0) is 53.6 Å². The number of pyridine rings is 1. The minimum absolute atomic E-state index is 0.0650. The van der Waals surface area contributed by atoms with E-state index in [2.05, 4.69) is 16.2 Å². The van der Waals surface area contributed by atoms with E-state index < -0.39 is 0 Å². The van der Waals surface area contributed by atoms with Crippen LogP contribution in [-0.2, 0) is 4.79 Å². The fraction of sp³-hybridized carbons (Fsp3) is 0.190. The molecule has 5 nitrogen and oxygen atoms in total. The van der Waals surface area contributed by atoms with Crippen LogP contribution in [0.4, 0.5) is 0 Å². The average Bonchev–Trinajstić information content (AvgIpc) is 3.13. The highest BCUT2D eigenvalue weighted by Gasteiger charge is 2.31. The Morgan fingerprint density at radius 2 is 1.96 bits per heavy atom. The monoisotopic (exact) mass is 345 g/mol. The zero-order chi connectivity index (χ0) is 18.1. The number of hydrogen-bond acceptors (Lipinski definition) is 4. The van der Waals surface area contributed by atoms with E-state index in [0.29, 0.717) is 6.42 Å². The zero-order valence-corrected chi connectivity index (χ0v) is 14.7. The summed E-state index contributed by atoms with van der Waals surface area (Å²) in [6.07, 6.45) is 2.46. The number of fused-ring (bicyclic) bond motifs is 1. The molecule has 0 saturated heterocycles. The predicted octanol–water partition coefficient (Wildman–Crippen LogP) is 3.94. The van der Waals surface area contributed by atoms with Crippen LogP contribution in [0, 0.1) is 0 Å². The highest BCUT2D eigenvalue weighted by atomic mass is 16.5. The Bertz CT molecular complexity index is 996. The van der Waals surface area contributed by atoms with Crippen molar-refractivity contribution in [3.05, 3.63) is 71.9 Å². The minimum atomic E-state index is -0.103. The van der Waals surface area contributed by atoms with E-state index in [9.17, 15) is 4.79 Å². The van der Waals surface area contributed by atoms with Crippen LogP contribution in [0.5, 0.6) is 5.75 Å². The molecule has 1 aliphatic rings. The van der Waals surface area contributed by atoms with Crippen LogP contribution in [0.3, 0.4) is 0 Å². The van der Waals surface area contributed by atoms with Crippen molar-refractivity contribution in [3.8, 4) is 5.75 Å². The lowest BCUT2D eigenvalue weighted by molar-refractivity contribution is -0.130. The largest absolute Gasteiger partial charge is 0.497 e. The number of carbonyl (C=O) groups is 1. The van der Waals surface area contributed by atoms with E-state index in [0.717, 1.165) is 33.5 Å². The molecule has 2 aromatic carbocycles. The Labute approximate surface area is 151 Å². The van der Waals surface area contributed by atoms with Crippen molar-refractivity contribution >= 4 is 22.5 Å². The number of aromatic nitrogens is 1. The first-order valence-electron chi connectivity index (χ1n) is 8.52. The van der Waals surface area contributed by atoms with Gasteiger partial charge in [-0.3, -0.25) is 9.78 Å². The third kappa shape index (κ3) is 2.92. The number of rotatable bonds is 3. The predicted molar refractivity (Wildman–Crippen MR) is 101 cm³/mol. The molecule has 130 valence electrons. The molecule has 0 radical (unpaired) electrons. The molecule has 1 aliphatic heterocycles. The van der Waals surface area contributed by atoms with Crippen LogP contribution in [0.1, 0.15) is 30.5 Å². The molecular weight excluding hydrogens is 326 g/mol. The summed E-state index contributed by atoms with van der Waals surface area (Å²) in [7, 11) is 1.64. The lowest BCUT2D eigenvalue weighted by atomic mass is 9.97. The Kier molecular flexibility index (Phi) is 4.13. The molecule has 1 amide bonds. The van der Waals surface area contributed by atoms with Crippen LogP contribution in [0.25, 0.3) is 10.9 Å². The normalized spacial score (nSPS) is 16.6. The van der Waals surface area contributed by atoms with E-state index in [1.54, 1.807) is 25.2 Å². The van der Waals surface area contributed by atoms with Gasteiger partial charge in [0.15, 0.2) is 0 Å². The quantitative estimate of drug-likeness (QED) is 0.722. The summed E-state index contributed by atoms with van der Waals surface area (Å²) >= 11 is 0. The molecule has 0 saturated carbocycles. The van der Waals surface area contributed by atoms with Crippen molar-refractivity contribution in [2.75, 3.05) is 7.11 Å². The van der Waals surface area contributed by atoms with Gasteiger partial charge < -0.3 is 4.74 Å². The first-order valence-corrected chi connectivity index (χ1v) is 8.52. The molecule has 5 heteroatoms. The molecule has 0 spiro atoms. The van der Waals surface area contributed by atoms with E-state index >= 15 is 0 Å². The van der Waals surface area contributed by atoms with Gasteiger partial charge in [0.05, 0.1) is 24.4 Å². The number of nitrogens with zero attached hydrogens (tertiary/aromatic N) is 3. The van der Waals surface area contributed by atoms with Crippen molar-refractivity contribution in [1.82, 2.24) is 9.99 Å². The third-order valence-electron chi connectivity index (χ3n) is 4.67. The molecule has 3 aromatic rings. The zero-order valence-electron chi connectivity index (χ0n) is 14.7. The highest BCUT2D eigenvalue weighted by Crippen LogP contribution is 2.34. The highest BCUT2D eigenvalue weighted by molar-refractivity contribution is 6.03. The van der Waals surface area contributed by atoms with Crippen molar-refractivity contribution in [1.29, 1.82) is 0 Å². The van der Waals surface area contributed by atoms with Crippen molar-refractivity contribution in [2.45, 2.75) is 19.4 Å². The van der Waals surface area contributed by atoms with Crippen molar-refractivity contribution in [2.24, 2.45) is 5.10 Å². The standard InChI is InChI=1S/C21H19N3O2/c1-14(25)24-21(17-7-10-19-16(12-17)4-3-11-22-19)13-20(23-24)15-5-8-18(26-2)9-6-15/h3-12,21H,13H2,1-2H3/t21-/m0/s1. The summed E-state index contributed by atoms with van der Waals surface area (Å²) in [5, 5.41) is 7.24. The SMILES string of the molecule is COc1ccc(C2=NN(C(C)=O)[C@H](c3ccc4ncccc4c3)C2)cc1. The maximum absolute atomic E-state index is 12.2. The second-order valence-corrected chi connectivity index (χ2v) is 6.31. The number of hydrazone groups is 1. The van der Waals surface area contributed by atoms with Gasteiger partial charge in [-0.1, -0.05) is 12.1 Å². The number of benzene rings is 2. The van der Waals surface area contributed by atoms with Gasteiger partial charge in [0, 0.05) is 24.9 Å². The second-order valence-electron chi connectivity index (χ2n) is 6.31. The molecule has 0 aliphatic carbocycles. The first kappa shape index (κ1) is 16.3. The summed E-state index contributed by atoms with van der Waals surface area (Å²) in [5.74, 6) is 0.735. The van der Waals surface area contributed by atoms with Crippen molar-refractivity contribution in [3.63, 3.8) is 0 Å². The summed E-state index contributed by atoms with van der Waals surface area (Å²) in [4.78, 5) is 16.5. The Morgan fingerprint density at radius 3 is 2.69 bits per heavy atom. The molecule has 2 heterocycles. The maximum Gasteiger partial charge on any atom is 0.240 e. The molecule has 1 aromatic heterocycles. The first-order chi connectivity index (χ1) is 12.7. The fourth-order valence-electron chi connectivity index (χ4n) is 3.32. The van der Waals surface area contributed by atoms with Gasteiger partial charge in [-0.2, -0.15) is 5.10 Å². The summed E-state index contributed by atoms with van der Waals surface area (Å²) in [6, 6.07) is 17.7. The number of hydrogen-bond donors (Lipinski definition) is 0. The summed E-state index contributed by atoms with van der Waals surface area (Å²) in [5.41, 5.74) is 3.91. The minimum Gasteiger partial charge on any atom is -0.497 e. The summed E-state index contributed by atoms with van der Waals surface area (Å²) < 4.78 is 5.21. The van der Waals surface area contributed by atoms with Crippen LogP contribution >= 0.6 is 0 Å². The van der Waals surface area contributed by atoms with Crippen LogP contribution in [-0.4, -0.2) is 28.7 Å². The van der Waals surface area contributed by atoms with E-state index in [4.69, 9.17) is 4.74 Å². The second kappa shape index (κ2) is 6.59. The number of amides is 1. The molecule has 26 heavy (non-hydrogen) atoms. The molecule has 4 rings (SSSR count).